The summed E-state index contributed by atoms with van der Waals surface area (Å²) in [4.78, 5) is 16.6. The Morgan fingerprint density at radius 3 is 2.80 bits per heavy atom. The van der Waals surface area contributed by atoms with Gasteiger partial charge in [0.2, 0.25) is 0 Å². The number of esters is 1. The van der Waals surface area contributed by atoms with Crippen LogP contribution in [-0.2, 0) is 20.8 Å². The maximum absolute atomic E-state index is 12.4. The monoisotopic (exact) mass is 348 g/mol. The molecule has 2 heterocycles. The number of ether oxygens (including phenoxy) is 2. The molecule has 1 aromatic rings. The van der Waals surface area contributed by atoms with Crippen LogP contribution in [0.5, 0.6) is 0 Å². The van der Waals surface area contributed by atoms with Crippen molar-refractivity contribution in [2.24, 2.45) is 0 Å². The molecule has 2 saturated heterocycles. The van der Waals surface area contributed by atoms with Gasteiger partial charge in [0.1, 0.15) is 12.3 Å². The highest BCUT2D eigenvalue weighted by Gasteiger charge is 2.59. The fourth-order valence-corrected chi connectivity index (χ4v) is 4.22. The van der Waals surface area contributed by atoms with Gasteiger partial charge in [-0.2, -0.15) is 0 Å². The largest absolute Gasteiger partial charge is 0.465 e. The normalized spacial score (nSPS) is 28.0. The van der Waals surface area contributed by atoms with Gasteiger partial charge in [0.05, 0.1) is 18.8 Å². The average Bonchev–Trinajstić information content (AvgIpc) is 3.06. The van der Waals surface area contributed by atoms with Crippen molar-refractivity contribution in [2.75, 3.05) is 33.4 Å². The number of rotatable bonds is 7. The lowest BCUT2D eigenvalue weighted by atomic mass is 9.83. The Kier molecular flexibility index (Phi) is 5.74. The van der Waals surface area contributed by atoms with Crippen molar-refractivity contribution in [1.82, 2.24) is 9.80 Å². The number of aliphatic hydroxyl groups is 1. The number of nitrogens with zero attached hydrogens (tertiary/aromatic N) is 2. The molecule has 2 aliphatic heterocycles. The second-order valence-electron chi connectivity index (χ2n) is 6.89. The number of hydrogen-bond acceptors (Lipinski definition) is 6. The fraction of sp³-hybridized carbons (Fsp3) is 0.632. The van der Waals surface area contributed by atoms with Crippen molar-refractivity contribution in [3.05, 3.63) is 35.9 Å². The molecule has 1 N–H and O–H groups in total. The van der Waals surface area contributed by atoms with Gasteiger partial charge >= 0.3 is 5.97 Å². The van der Waals surface area contributed by atoms with Gasteiger partial charge in [0, 0.05) is 20.2 Å². The summed E-state index contributed by atoms with van der Waals surface area (Å²) in [5, 5.41) is 10.9. The molecule has 0 saturated carbocycles. The van der Waals surface area contributed by atoms with Gasteiger partial charge in [-0.1, -0.05) is 30.3 Å². The van der Waals surface area contributed by atoms with Crippen LogP contribution in [-0.4, -0.2) is 72.1 Å². The van der Waals surface area contributed by atoms with Crippen molar-refractivity contribution in [3.8, 4) is 0 Å². The Bertz CT molecular complexity index is 582. The van der Waals surface area contributed by atoms with Crippen LogP contribution in [0.4, 0.5) is 0 Å². The standard InChI is InChI=1S/C19H28N2O4/c1-3-25-17(22)16(13-24-2)21-11-7-10-19(21)14-20(18(19)23)12-15-8-5-4-6-9-15/h4-6,8-9,16,18,23H,3,7,10-14H2,1-2H3. The van der Waals surface area contributed by atoms with E-state index in [1.807, 2.05) is 18.2 Å². The second-order valence-corrected chi connectivity index (χ2v) is 6.89. The molecule has 3 unspecified atom stereocenters. The van der Waals surface area contributed by atoms with E-state index < -0.39 is 12.3 Å². The maximum atomic E-state index is 12.4. The summed E-state index contributed by atoms with van der Waals surface area (Å²) < 4.78 is 10.5. The first-order valence-electron chi connectivity index (χ1n) is 9.00. The molecule has 0 aromatic heterocycles. The molecule has 2 fully saturated rings. The molecule has 1 aromatic carbocycles. The highest BCUT2D eigenvalue weighted by molar-refractivity contribution is 5.76. The summed E-state index contributed by atoms with van der Waals surface area (Å²) in [6.45, 7) is 4.69. The minimum Gasteiger partial charge on any atom is -0.465 e. The van der Waals surface area contributed by atoms with E-state index in [1.165, 1.54) is 5.56 Å². The zero-order chi connectivity index (χ0) is 17.9. The third-order valence-electron chi connectivity index (χ3n) is 5.37. The third kappa shape index (κ3) is 3.44. The Balaban J connectivity index is 1.71. The van der Waals surface area contributed by atoms with Crippen molar-refractivity contribution >= 4 is 5.97 Å². The Labute approximate surface area is 149 Å². The quantitative estimate of drug-likeness (QED) is 0.748. The molecule has 6 nitrogen and oxygen atoms in total. The van der Waals surface area contributed by atoms with Gasteiger partial charge in [-0.05, 0) is 31.9 Å². The number of carbonyl (C=O) groups is 1. The summed E-state index contributed by atoms with van der Waals surface area (Å²) in [6.07, 6.45) is 1.28. The molecular weight excluding hydrogens is 320 g/mol. The van der Waals surface area contributed by atoms with Gasteiger partial charge in [-0.15, -0.1) is 0 Å². The van der Waals surface area contributed by atoms with Crippen LogP contribution in [0.1, 0.15) is 25.3 Å². The number of hydrogen-bond donors (Lipinski definition) is 1. The van der Waals surface area contributed by atoms with Crippen LogP contribution in [0.2, 0.25) is 0 Å². The number of aliphatic hydroxyl groups excluding tert-OH is 1. The van der Waals surface area contributed by atoms with Gasteiger partial charge in [0.25, 0.3) is 0 Å². The summed E-state index contributed by atoms with van der Waals surface area (Å²) in [5.74, 6) is -0.265. The van der Waals surface area contributed by atoms with Crippen LogP contribution in [0, 0.1) is 0 Å². The first-order valence-corrected chi connectivity index (χ1v) is 9.00. The molecule has 3 atom stereocenters. The van der Waals surface area contributed by atoms with Crippen molar-refractivity contribution < 1.29 is 19.4 Å². The SMILES string of the molecule is CCOC(=O)C(COC)N1CCCC12CN(Cc1ccccc1)C2O. The third-order valence-corrected chi connectivity index (χ3v) is 5.37. The first-order chi connectivity index (χ1) is 12.1. The van der Waals surface area contributed by atoms with E-state index in [9.17, 15) is 9.90 Å². The van der Waals surface area contributed by atoms with E-state index in [-0.39, 0.29) is 18.1 Å². The van der Waals surface area contributed by atoms with Gasteiger partial charge in [-0.3, -0.25) is 14.6 Å². The maximum Gasteiger partial charge on any atom is 0.325 e. The Morgan fingerprint density at radius 2 is 2.16 bits per heavy atom. The van der Waals surface area contributed by atoms with Crippen molar-refractivity contribution in [2.45, 2.75) is 44.1 Å². The Morgan fingerprint density at radius 1 is 1.40 bits per heavy atom. The average molecular weight is 348 g/mol. The van der Waals surface area contributed by atoms with Crippen LogP contribution >= 0.6 is 0 Å². The van der Waals surface area contributed by atoms with Crippen LogP contribution in [0.25, 0.3) is 0 Å². The first kappa shape index (κ1) is 18.3. The minimum atomic E-state index is -0.580. The van der Waals surface area contributed by atoms with Crippen molar-refractivity contribution in [1.29, 1.82) is 0 Å². The predicted octanol–water partition coefficient (Wildman–Crippen LogP) is 1.23. The topological polar surface area (TPSA) is 62.2 Å². The summed E-state index contributed by atoms with van der Waals surface area (Å²) in [6, 6.07) is 9.68. The van der Waals surface area contributed by atoms with E-state index in [0.717, 1.165) is 25.9 Å². The van der Waals surface area contributed by atoms with Crippen molar-refractivity contribution in [3.63, 3.8) is 0 Å². The zero-order valence-corrected chi connectivity index (χ0v) is 15.1. The predicted molar refractivity (Wildman–Crippen MR) is 93.8 cm³/mol. The zero-order valence-electron chi connectivity index (χ0n) is 15.1. The van der Waals surface area contributed by atoms with Crippen LogP contribution in [0.15, 0.2) is 30.3 Å². The lowest BCUT2D eigenvalue weighted by Gasteiger charge is -2.58. The lowest BCUT2D eigenvalue weighted by molar-refractivity contribution is -0.214. The summed E-state index contributed by atoms with van der Waals surface area (Å²) in [7, 11) is 1.59. The molecule has 0 radical (unpaired) electrons. The minimum absolute atomic E-state index is 0.265. The molecule has 25 heavy (non-hydrogen) atoms. The van der Waals surface area contributed by atoms with E-state index in [1.54, 1.807) is 14.0 Å². The summed E-state index contributed by atoms with van der Waals surface area (Å²) in [5.41, 5.74) is 0.810. The highest BCUT2D eigenvalue weighted by atomic mass is 16.5. The number of benzene rings is 1. The highest BCUT2D eigenvalue weighted by Crippen LogP contribution is 2.43. The van der Waals surface area contributed by atoms with Gasteiger partial charge < -0.3 is 14.6 Å². The number of likely N-dealkylation sites (tertiary alicyclic amines) is 2. The fourth-order valence-electron chi connectivity index (χ4n) is 4.22. The van der Waals surface area contributed by atoms with Crippen LogP contribution in [0.3, 0.4) is 0 Å². The molecule has 0 amide bonds. The molecule has 0 aliphatic carbocycles. The van der Waals surface area contributed by atoms with E-state index in [4.69, 9.17) is 9.47 Å². The van der Waals surface area contributed by atoms with E-state index in [0.29, 0.717) is 13.2 Å². The smallest absolute Gasteiger partial charge is 0.325 e. The molecular formula is C19H28N2O4. The molecule has 138 valence electrons. The van der Waals surface area contributed by atoms with E-state index in [2.05, 4.69) is 21.9 Å². The molecule has 6 heteroatoms. The molecule has 3 rings (SSSR count). The molecule has 2 aliphatic rings. The number of methoxy groups -OCH3 is 1. The molecule has 0 bridgehead atoms. The van der Waals surface area contributed by atoms with Crippen LogP contribution < -0.4 is 0 Å². The van der Waals surface area contributed by atoms with E-state index >= 15 is 0 Å². The Hall–Kier alpha value is -1.47. The number of carbonyl (C=O) groups excluding carboxylic acids is 1. The molecule has 1 spiro atoms. The van der Waals surface area contributed by atoms with Gasteiger partial charge in [0.15, 0.2) is 0 Å². The van der Waals surface area contributed by atoms with Gasteiger partial charge in [-0.25, -0.2) is 0 Å². The summed E-state index contributed by atoms with van der Waals surface area (Å²) >= 11 is 0. The lowest BCUT2D eigenvalue weighted by Crippen LogP contribution is -2.76. The second kappa shape index (κ2) is 7.83.